The van der Waals surface area contributed by atoms with Crippen LogP contribution in [0, 0.1) is 11.8 Å². The zero-order valence-corrected chi connectivity index (χ0v) is 14.2. The highest BCUT2D eigenvalue weighted by Gasteiger charge is 2.28. The van der Waals surface area contributed by atoms with Crippen molar-refractivity contribution in [2.75, 3.05) is 18.2 Å². The summed E-state index contributed by atoms with van der Waals surface area (Å²) in [4.78, 5) is 0. The van der Waals surface area contributed by atoms with Crippen molar-refractivity contribution in [1.29, 1.82) is 0 Å². The fraction of sp³-hybridized carbons (Fsp3) is 0.500. The third kappa shape index (κ3) is 5.61. The van der Waals surface area contributed by atoms with E-state index < -0.39 is 14.6 Å². The summed E-state index contributed by atoms with van der Waals surface area (Å²) in [6.07, 6.45) is 0.605. The summed E-state index contributed by atoms with van der Waals surface area (Å²) in [6, 6.07) is 7.33. The molecule has 116 valence electrons. The lowest BCUT2D eigenvalue weighted by atomic mass is 10.2. The number of halogens is 1. The molecule has 0 aliphatic carbocycles. The fourth-order valence-electron chi connectivity index (χ4n) is 1.47. The van der Waals surface area contributed by atoms with E-state index in [1.165, 1.54) is 0 Å². The van der Waals surface area contributed by atoms with E-state index in [0.717, 1.165) is 5.56 Å². The number of rotatable bonds is 5. The minimum atomic E-state index is -3.18. The standard InChI is InChI=1S/C16H21ClO3S/c1-16(2,3)21(18,19)13-12-20-15-10-5-4-8-14(15)9-6-7-11-17/h4-5,8,10H,7,11-13H2,1-3H3. The molecule has 1 aromatic rings. The van der Waals surface area contributed by atoms with Crippen LogP contribution in [0.2, 0.25) is 0 Å². The van der Waals surface area contributed by atoms with Gasteiger partial charge < -0.3 is 4.74 Å². The summed E-state index contributed by atoms with van der Waals surface area (Å²) in [5.74, 6) is 7.00. The Morgan fingerprint density at radius 1 is 1.24 bits per heavy atom. The largest absolute Gasteiger partial charge is 0.491 e. The van der Waals surface area contributed by atoms with Crippen LogP contribution in [0.25, 0.3) is 0 Å². The van der Waals surface area contributed by atoms with Crippen LogP contribution in [-0.4, -0.2) is 31.4 Å². The Bertz CT molecular complexity index is 619. The maximum Gasteiger partial charge on any atom is 0.158 e. The van der Waals surface area contributed by atoms with Gasteiger partial charge in [-0.05, 0) is 32.9 Å². The Hall–Kier alpha value is -1.18. The highest BCUT2D eigenvalue weighted by atomic mass is 35.5. The Kier molecular flexibility index (Phi) is 6.57. The number of para-hydroxylation sites is 1. The summed E-state index contributed by atoms with van der Waals surface area (Å²) < 4.78 is 28.8. The maximum atomic E-state index is 12.0. The predicted molar refractivity (Wildman–Crippen MR) is 87.7 cm³/mol. The molecule has 1 aromatic carbocycles. The zero-order valence-electron chi connectivity index (χ0n) is 12.6. The van der Waals surface area contributed by atoms with E-state index in [9.17, 15) is 8.42 Å². The lowest BCUT2D eigenvalue weighted by molar-refractivity contribution is 0.339. The van der Waals surface area contributed by atoms with Crippen LogP contribution < -0.4 is 4.74 Å². The second-order valence-electron chi connectivity index (χ2n) is 5.52. The topological polar surface area (TPSA) is 43.4 Å². The first-order valence-corrected chi connectivity index (χ1v) is 8.95. The Balaban J connectivity index is 2.71. The van der Waals surface area contributed by atoms with Crippen molar-refractivity contribution < 1.29 is 13.2 Å². The van der Waals surface area contributed by atoms with E-state index in [2.05, 4.69) is 11.8 Å². The predicted octanol–water partition coefficient (Wildman–Crippen LogP) is 3.26. The van der Waals surface area contributed by atoms with Crippen molar-refractivity contribution in [2.45, 2.75) is 31.9 Å². The normalized spacial score (nSPS) is 11.6. The highest BCUT2D eigenvalue weighted by molar-refractivity contribution is 7.92. The summed E-state index contributed by atoms with van der Waals surface area (Å²) in [5.41, 5.74) is 0.746. The molecule has 5 heteroatoms. The molecule has 0 aliphatic rings. The Morgan fingerprint density at radius 2 is 1.90 bits per heavy atom. The number of hydrogen-bond acceptors (Lipinski definition) is 3. The average Bonchev–Trinajstić information content (AvgIpc) is 2.39. The summed E-state index contributed by atoms with van der Waals surface area (Å²) in [7, 11) is -3.18. The molecule has 1 rings (SSSR count). The lowest BCUT2D eigenvalue weighted by Crippen LogP contribution is -2.32. The third-order valence-electron chi connectivity index (χ3n) is 2.87. The zero-order chi connectivity index (χ0) is 15.9. The Morgan fingerprint density at radius 3 is 2.52 bits per heavy atom. The van der Waals surface area contributed by atoms with Gasteiger partial charge in [-0.3, -0.25) is 0 Å². The first-order valence-electron chi connectivity index (χ1n) is 6.77. The molecule has 0 radical (unpaired) electrons. The SMILES string of the molecule is CC(C)(C)S(=O)(=O)CCOc1ccccc1C#CCCCl. The van der Waals surface area contributed by atoms with Crippen molar-refractivity contribution in [3.05, 3.63) is 29.8 Å². The van der Waals surface area contributed by atoms with E-state index in [4.69, 9.17) is 16.3 Å². The van der Waals surface area contributed by atoms with Crippen LogP contribution in [0.15, 0.2) is 24.3 Å². The summed E-state index contributed by atoms with van der Waals surface area (Å²) in [5, 5.41) is 0. The molecule has 0 spiro atoms. The van der Waals surface area contributed by atoms with Gasteiger partial charge >= 0.3 is 0 Å². The summed E-state index contributed by atoms with van der Waals surface area (Å²) >= 11 is 5.58. The van der Waals surface area contributed by atoms with Crippen LogP contribution >= 0.6 is 11.6 Å². The molecule has 0 amide bonds. The minimum Gasteiger partial charge on any atom is -0.491 e. The van der Waals surface area contributed by atoms with Gasteiger partial charge in [0.05, 0.1) is 16.1 Å². The average molecular weight is 329 g/mol. The van der Waals surface area contributed by atoms with Crippen molar-refractivity contribution in [3.8, 4) is 17.6 Å². The van der Waals surface area contributed by atoms with E-state index in [1.807, 2.05) is 18.2 Å². The van der Waals surface area contributed by atoms with Gasteiger partial charge in [-0.2, -0.15) is 0 Å². The number of alkyl halides is 1. The van der Waals surface area contributed by atoms with Crippen molar-refractivity contribution in [1.82, 2.24) is 0 Å². The molecule has 0 atom stereocenters. The molecule has 3 nitrogen and oxygen atoms in total. The van der Waals surface area contributed by atoms with Gasteiger partial charge in [-0.25, -0.2) is 8.42 Å². The van der Waals surface area contributed by atoms with Gasteiger partial charge in [0.25, 0.3) is 0 Å². The van der Waals surface area contributed by atoms with E-state index >= 15 is 0 Å². The quantitative estimate of drug-likeness (QED) is 0.615. The highest BCUT2D eigenvalue weighted by Crippen LogP contribution is 2.19. The van der Waals surface area contributed by atoms with Crippen molar-refractivity contribution in [3.63, 3.8) is 0 Å². The summed E-state index contributed by atoms with van der Waals surface area (Å²) in [6.45, 7) is 5.18. The number of ether oxygens (including phenoxy) is 1. The number of benzene rings is 1. The molecule has 0 fully saturated rings. The second-order valence-corrected chi connectivity index (χ2v) is 8.76. The second kappa shape index (κ2) is 7.72. The smallest absolute Gasteiger partial charge is 0.158 e. The van der Waals surface area contributed by atoms with Gasteiger partial charge in [0.15, 0.2) is 9.84 Å². The van der Waals surface area contributed by atoms with Gasteiger partial charge in [0.2, 0.25) is 0 Å². The van der Waals surface area contributed by atoms with Gasteiger partial charge in [0, 0.05) is 12.3 Å². The van der Waals surface area contributed by atoms with Crippen LogP contribution in [0.1, 0.15) is 32.8 Å². The van der Waals surface area contributed by atoms with Crippen molar-refractivity contribution >= 4 is 21.4 Å². The van der Waals surface area contributed by atoms with Gasteiger partial charge in [0.1, 0.15) is 12.4 Å². The molecule has 0 unspecified atom stereocenters. The van der Waals surface area contributed by atoms with Gasteiger partial charge in [-0.15, -0.1) is 11.6 Å². The number of hydrogen-bond donors (Lipinski definition) is 0. The van der Waals surface area contributed by atoms with E-state index in [-0.39, 0.29) is 12.4 Å². The first kappa shape index (κ1) is 17.9. The van der Waals surface area contributed by atoms with Gasteiger partial charge in [-0.1, -0.05) is 24.0 Å². The molecule has 0 saturated carbocycles. The maximum absolute atomic E-state index is 12.0. The van der Waals surface area contributed by atoms with Crippen LogP contribution in [0.3, 0.4) is 0 Å². The molecule has 0 heterocycles. The fourth-order valence-corrected chi connectivity index (χ4v) is 2.48. The van der Waals surface area contributed by atoms with Crippen LogP contribution in [-0.2, 0) is 9.84 Å². The molecule has 0 saturated heterocycles. The number of sulfone groups is 1. The molecule has 0 aliphatic heterocycles. The minimum absolute atomic E-state index is 0.0139. The molecule has 21 heavy (non-hydrogen) atoms. The third-order valence-corrected chi connectivity index (χ3v) is 5.63. The van der Waals surface area contributed by atoms with Crippen molar-refractivity contribution in [2.24, 2.45) is 0 Å². The molecular formula is C16H21ClO3S. The molecule has 0 aromatic heterocycles. The van der Waals surface area contributed by atoms with Crippen LogP contribution in [0.4, 0.5) is 0 Å². The van der Waals surface area contributed by atoms with E-state index in [1.54, 1.807) is 26.8 Å². The van der Waals surface area contributed by atoms with E-state index in [0.29, 0.717) is 18.1 Å². The first-order chi connectivity index (χ1) is 9.78. The Labute approximate surface area is 132 Å². The monoisotopic (exact) mass is 328 g/mol. The molecular weight excluding hydrogens is 308 g/mol. The van der Waals surface area contributed by atoms with Crippen LogP contribution in [0.5, 0.6) is 5.75 Å². The lowest BCUT2D eigenvalue weighted by Gasteiger charge is -2.19. The molecule has 0 bridgehead atoms. The molecule has 0 N–H and O–H groups in total.